The number of anilines is 1. The molecular formula is C19H29N3O3S. The zero-order chi connectivity index (χ0) is 18.9. The molecule has 0 spiro atoms. The molecule has 1 amide bonds. The van der Waals surface area contributed by atoms with Gasteiger partial charge in [0.15, 0.2) is 0 Å². The molecule has 2 aliphatic heterocycles. The molecule has 144 valence electrons. The van der Waals surface area contributed by atoms with E-state index in [0.717, 1.165) is 44.5 Å². The molecule has 1 atom stereocenters. The predicted octanol–water partition coefficient (Wildman–Crippen LogP) is 2.00. The van der Waals surface area contributed by atoms with E-state index in [1.165, 1.54) is 10.6 Å². The Bertz CT molecular complexity index is 770. The number of piperidine rings is 1. The highest BCUT2D eigenvalue weighted by Gasteiger charge is 2.33. The quantitative estimate of drug-likeness (QED) is 0.850. The van der Waals surface area contributed by atoms with Crippen LogP contribution < -0.4 is 9.62 Å². The molecule has 0 aliphatic carbocycles. The summed E-state index contributed by atoms with van der Waals surface area (Å²) in [6.07, 6.45) is 4.99. The monoisotopic (exact) mass is 379 g/mol. The summed E-state index contributed by atoms with van der Waals surface area (Å²) in [5.74, 6) is -0.0628. The van der Waals surface area contributed by atoms with Gasteiger partial charge in [-0.2, -0.15) is 0 Å². The number of benzene rings is 1. The number of amides is 1. The van der Waals surface area contributed by atoms with Crippen LogP contribution in [0.5, 0.6) is 0 Å². The van der Waals surface area contributed by atoms with Crippen LogP contribution in [0.25, 0.3) is 0 Å². The molecule has 0 aromatic heterocycles. The summed E-state index contributed by atoms with van der Waals surface area (Å²) in [6, 6.07) is 5.45. The molecule has 1 unspecified atom stereocenters. The van der Waals surface area contributed by atoms with Crippen LogP contribution in [0.4, 0.5) is 5.69 Å². The second-order valence-electron chi connectivity index (χ2n) is 7.54. The molecule has 26 heavy (non-hydrogen) atoms. The largest absolute Gasteiger partial charge is 0.349 e. The standard InChI is InChI=1S/C19H29N3O3S/c1-4-9-21-10-7-17(8-11-21)20-19(23)15-5-6-18-16(13-15)12-14(2)22(18)26(3,24)25/h5-6,13-14,17H,4,7-12H2,1-3H3,(H,20,23). The average molecular weight is 380 g/mol. The Labute approximate surface area is 156 Å². The molecule has 0 radical (unpaired) electrons. The van der Waals surface area contributed by atoms with E-state index in [1.807, 2.05) is 13.0 Å². The van der Waals surface area contributed by atoms with Crippen molar-refractivity contribution in [3.8, 4) is 0 Å². The van der Waals surface area contributed by atoms with Crippen LogP contribution in [0.1, 0.15) is 49.0 Å². The highest BCUT2D eigenvalue weighted by atomic mass is 32.2. The van der Waals surface area contributed by atoms with E-state index < -0.39 is 10.0 Å². The Morgan fingerprint density at radius 1 is 1.27 bits per heavy atom. The third-order valence-electron chi connectivity index (χ3n) is 5.31. The molecule has 1 aromatic rings. The van der Waals surface area contributed by atoms with E-state index in [2.05, 4.69) is 17.1 Å². The third-order valence-corrected chi connectivity index (χ3v) is 6.59. The maximum Gasteiger partial charge on any atom is 0.251 e. The summed E-state index contributed by atoms with van der Waals surface area (Å²) in [7, 11) is -3.30. The molecule has 7 heteroatoms. The molecule has 1 aromatic carbocycles. The number of hydrogen-bond donors (Lipinski definition) is 1. The number of nitrogens with one attached hydrogen (secondary N) is 1. The number of carbonyl (C=O) groups excluding carboxylic acids is 1. The van der Waals surface area contributed by atoms with Crippen molar-refractivity contribution in [2.24, 2.45) is 0 Å². The van der Waals surface area contributed by atoms with Crippen molar-refractivity contribution in [2.45, 2.75) is 51.6 Å². The summed E-state index contributed by atoms with van der Waals surface area (Å²) in [4.78, 5) is 15.1. The van der Waals surface area contributed by atoms with Crippen molar-refractivity contribution in [3.05, 3.63) is 29.3 Å². The lowest BCUT2D eigenvalue weighted by molar-refractivity contribution is 0.0911. The van der Waals surface area contributed by atoms with Crippen molar-refractivity contribution in [2.75, 3.05) is 30.2 Å². The maximum atomic E-state index is 12.6. The Balaban J connectivity index is 1.66. The second-order valence-corrected chi connectivity index (χ2v) is 9.40. The van der Waals surface area contributed by atoms with E-state index in [4.69, 9.17) is 0 Å². The van der Waals surface area contributed by atoms with Crippen molar-refractivity contribution in [1.29, 1.82) is 0 Å². The lowest BCUT2D eigenvalue weighted by Crippen LogP contribution is -2.44. The van der Waals surface area contributed by atoms with E-state index in [0.29, 0.717) is 17.7 Å². The number of fused-ring (bicyclic) bond motifs is 1. The number of sulfonamides is 1. The van der Waals surface area contributed by atoms with Gasteiger partial charge in [-0.05, 0) is 62.9 Å². The van der Waals surface area contributed by atoms with E-state index >= 15 is 0 Å². The minimum atomic E-state index is -3.30. The zero-order valence-corrected chi connectivity index (χ0v) is 16.7. The first-order valence-corrected chi connectivity index (χ1v) is 11.3. The first-order valence-electron chi connectivity index (χ1n) is 9.45. The molecule has 1 N–H and O–H groups in total. The van der Waals surface area contributed by atoms with Gasteiger partial charge in [0.1, 0.15) is 0 Å². The van der Waals surface area contributed by atoms with Crippen LogP contribution in [0.15, 0.2) is 18.2 Å². The van der Waals surface area contributed by atoms with Gasteiger partial charge in [0.25, 0.3) is 5.91 Å². The topological polar surface area (TPSA) is 69.7 Å². The second kappa shape index (κ2) is 7.56. The molecule has 0 saturated carbocycles. The summed E-state index contributed by atoms with van der Waals surface area (Å²) in [6.45, 7) is 7.27. The van der Waals surface area contributed by atoms with Gasteiger partial charge in [-0.15, -0.1) is 0 Å². The van der Waals surface area contributed by atoms with Gasteiger partial charge in [0, 0.05) is 30.7 Å². The zero-order valence-electron chi connectivity index (χ0n) is 15.9. The molecule has 6 nitrogen and oxygen atoms in total. The number of hydrogen-bond acceptors (Lipinski definition) is 4. The summed E-state index contributed by atoms with van der Waals surface area (Å²) in [5.41, 5.74) is 2.24. The van der Waals surface area contributed by atoms with Gasteiger partial charge in [0.05, 0.1) is 11.9 Å². The van der Waals surface area contributed by atoms with Crippen molar-refractivity contribution < 1.29 is 13.2 Å². The van der Waals surface area contributed by atoms with Gasteiger partial charge >= 0.3 is 0 Å². The first-order chi connectivity index (χ1) is 12.3. The number of likely N-dealkylation sites (tertiary alicyclic amines) is 1. The molecule has 3 rings (SSSR count). The Morgan fingerprint density at radius 3 is 2.58 bits per heavy atom. The number of carbonyl (C=O) groups is 1. The molecule has 1 fully saturated rings. The van der Waals surface area contributed by atoms with E-state index in [-0.39, 0.29) is 18.0 Å². The molecular weight excluding hydrogens is 350 g/mol. The summed E-state index contributed by atoms with van der Waals surface area (Å²) in [5, 5.41) is 3.14. The van der Waals surface area contributed by atoms with Crippen LogP contribution in [0.3, 0.4) is 0 Å². The van der Waals surface area contributed by atoms with Crippen molar-refractivity contribution >= 4 is 21.6 Å². The summed E-state index contributed by atoms with van der Waals surface area (Å²) < 4.78 is 25.5. The fourth-order valence-electron chi connectivity index (χ4n) is 4.14. The Hall–Kier alpha value is -1.60. The molecule has 2 aliphatic rings. The predicted molar refractivity (Wildman–Crippen MR) is 104 cm³/mol. The van der Waals surface area contributed by atoms with E-state index in [1.54, 1.807) is 12.1 Å². The van der Waals surface area contributed by atoms with E-state index in [9.17, 15) is 13.2 Å². The maximum absolute atomic E-state index is 12.6. The van der Waals surface area contributed by atoms with Crippen molar-refractivity contribution in [3.63, 3.8) is 0 Å². The van der Waals surface area contributed by atoms with Crippen LogP contribution in [-0.4, -0.2) is 57.2 Å². The fourth-order valence-corrected chi connectivity index (χ4v) is 5.40. The normalized spacial score (nSPS) is 21.7. The lowest BCUT2D eigenvalue weighted by Gasteiger charge is -2.32. The molecule has 1 saturated heterocycles. The van der Waals surface area contributed by atoms with Crippen LogP contribution in [-0.2, 0) is 16.4 Å². The SMILES string of the molecule is CCCN1CCC(NC(=O)c2ccc3c(c2)CC(C)N3S(C)(=O)=O)CC1. The van der Waals surface area contributed by atoms with Crippen LogP contribution in [0.2, 0.25) is 0 Å². The van der Waals surface area contributed by atoms with Crippen LogP contribution >= 0.6 is 0 Å². The number of nitrogens with zero attached hydrogens (tertiary/aromatic N) is 2. The third kappa shape index (κ3) is 4.04. The Kier molecular flexibility index (Phi) is 5.58. The molecule has 2 heterocycles. The smallest absolute Gasteiger partial charge is 0.251 e. The first kappa shape index (κ1) is 19.2. The van der Waals surface area contributed by atoms with Gasteiger partial charge in [-0.3, -0.25) is 9.10 Å². The van der Waals surface area contributed by atoms with Gasteiger partial charge < -0.3 is 10.2 Å². The minimum absolute atomic E-state index is 0.0628. The molecule has 0 bridgehead atoms. The minimum Gasteiger partial charge on any atom is -0.349 e. The fraction of sp³-hybridized carbons (Fsp3) is 0.632. The average Bonchev–Trinajstić information content (AvgIpc) is 2.91. The lowest BCUT2D eigenvalue weighted by atomic mass is 10.0. The highest BCUT2D eigenvalue weighted by Crippen LogP contribution is 2.34. The van der Waals surface area contributed by atoms with Crippen LogP contribution in [0, 0.1) is 0 Å². The van der Waals surface area contributed by atoms with Gasteiger partial charge in [0.2, 0.25) is 10.0 Å². The number of rotatable bonds is 5. The highest BCUT2D eigenvalue weighted by molar-refractivity contribution is 7.92. The van der Waals surface area contributed by atoms with Crippen molar-refractivity contribution in [1.82, 2.24) is 10.2 Å². The van der Waals surface area contributed by atoms with Gasteiger partial charge in [-0.1, -0.05) is 6.92 Å². The summed E-state index contributed by atoms with van der Waals surface area (Å²) >= 11 is 0. The van der Waals surface area contributed by atoms with Gasteiger partial charge in [-0.25, -0.2) is 8.42 Å². The Morgan fingerprint density at radius 2 is 1.96 bits per heavy atom.